The highest BCUT2D eigenvalue weighted by atomic mass is 35.5. The van der Waals surface area contributed by atoms with Crippen molar-refractivity contribution >= 4 is 30.3 Å². The minimum Gasteiger partial charge on any atom is -0.466 e. The van der Waals surface area contributed by atoms with Gasteiger partial charge >= 0.3 is 11.9 Å². The van der Waals surface area contributed by atoms with Crippen molar-refractivity contribution in [3.63, 3.8) is 0 Å². The molecule has 0 aromatic heterocycles. The average Bonchev–Trinajstić information content (AvgIpc) is 2.42. The standard InChI is InChI=1S/C11H16N2O5.ClH/c1-17-10(15)2-3-11(16)18-8-9(14)13-6-4-12-5-7-13;/h2-3,12H,4-8H2,1H3;1H/b3-2+;. The quantitative estimate of drug-likeness (QED) is 0.535. The third-order valence-electron chi connectivity index (χ3n) is 2.36. The third kappa shape index (κ3) is 6.78. The molecule has 1 aliphatic heterocycles. The number of hydrogen-bond acceptors (Lipinski definition) is 6. The van der Waals surface area contributed by atoms with Crippen molar-refractivity contribution in [3.8, 4) is 0 Å². The summed E-state index contributed by atoms with van der Waals surface area (Å²) in [4.78, 5) is 35.1. The Kier molecular flexibility index (Phi) is 8.56. The van der Waals surface area contributed by atoms with Crippen molar-refractivity contribution in [2.75, 3.05) is 39.9 Å². The van der Waals surface area contributed by atoms with E-state index >= 15 is 0 Å². The lowest BCUT2D eigenvalue weighted by atomic mass is 10.3. The maximum Gasteiger partial charge on any atom is 0.331 e. The average molecular weight is 293 g/mol. The van der Waals surface area contributed by atoms with E-state index in [-0.39, 0.29) is 24.9 Å². The normalized spacial score (nSPS) is 14.7. The second kappa shape index (κ2) is 9.35. The van der Waals surface area contributed by atoms with Gasteiger partial charge in [-0.05, 0) is 0 Å². The zero-order chi connectivity index (χ0) is 13.4. The highest BCUT2D eigenvalue weighted by Gasteiger charge is 2.16. The second-order valence-corrected chi connectivity index (χ2v) is 3.59. The van der Waals surface area contributed by atoms with Crippen molar-refractivity contribution in [1.82, 2.24) is 10.2 Å². The first-order chi connectivity index (χ1) is 8.63. The fraction of sp³-hybridized carbons (Fsp3) is 0.545. The molecule has 1 heterocycles. The van der Waals surface area contributed by atoms with Crippen molar-refractivity contribution in [1.29, 1.82) is 0 Å². The molecule has 0 aromatic rings. The lowest BCUT2D eigenvalue weighted by Crippen LogP contribution is -2.47. The van der Waals surface area contributed by atoms with Crippen LogP contribution in [0.3, 0.4) is 0 Å². The first-order valence-electron chi connectivity index (χ1n) is 5.54. The molecule has 0 atom stereocenters. The van der Waals surface area contributed by atoms with Crippen LogP contribution in [0.15, 0.2) is 12.2 Å². The third-order valence-corrected chi connectivity index (χ3v) is 2.36. The molecule has 1 saturated heterocycles. The maximum absolute atomic E-state index is 11.6. The molecule has 7 nitrogen and oxygen atoms in total. The summed E-state index contributed by atoms with van der Waals surface area (Å²) in [5, 5.41) is 3.11. The van der Waals surface area contributed by atoms with E-state index < -0.39 is 11.9 Å². The number of halogens is 1. The van der Waals surface area contributed by atoms with E-state index in [0.29, 0.717) is 13.1 Å². The van der Waals surface area contributed by atoms with Gasteiger partial charge in [0.15, 0.2) is 6.61 Å². The fourth-order valence-electron chi connectivity index (χ4n) is 1.39. The molecule has 0 spiro atoms. The Bertz CT molecular complexity index is 353. The Labute approximate surface area is 117 Å². The van der Waals surface area contributed by atoms with Crippen LogP contribution < -0.4 is 5.32 Å². The van der Waals surface area contributed by atoms with Crippen LogP contribution in [-0.4, -0.2) is 62.6 Å². The first kappa shape index (κ1) is 17.4. The molecule has 108 valence electrons. The summed E-state index contributed by atoms with van der Waals surface area (Å²) in [6, 6.07) is 0. The second-order valence-electron chi connectivity index (χ2n) is 3.59. The van der Waals surface area contributed by atoms with Gasteiger partial charge in [-0.15, -0.1) is 12.4 Å². The number of carbonyl (C=O) groups is 3. The summed E-state index contributed by atoms with van der Waals surface area (Å²) in [5.41, 5.74) is 0. The highest BCUT2D eigenvalue weighted by molar-refractivity contribution is 5.92. The molecule has 0 radical (unpaired) electrons. The molecule has 0 bridgehead atoms. The van der Waals surface area contributed by atoms with Crippen LogP contribution in [-0.2, 0) is 23.9 Å². The zero-order valence-electron chi connectivity index (χ0n) is 10.6. The van der Waals surface area contributed by atoms with Crippen molar-refractivity contribution in [2.45, 2.75) is 0 Å². The van der Waals surface area contributed by atoms with Gasteiger partial charge in [0.2, 0.25) is 0 Å². The predicted octanol–water partition coefficient (Wildman–Crippen LogP) is -0.888. The van der Waals surface area contributed by atoms with Crippen molar-refractivity contribution in [2.24, 2.45) is 0 Å². The lowest BCUT2D eigenvalue weighted by molar-refractivity contribution is -0.148. The van der Waals surface area contributed by atoms with Gasteiger partial charge in [0.1, 0.15) is 0 Å². The van der Waals surface area contributed by atoms with E-state index in [1.807, 2.05) is 0 Å². The monoisotopic (exact) mass is 292 g/mol. The summed E-state index contributed by atoms with van der Waals surface area (Å²) in [7, 11) is 1.20. The molecule has 8 heteroatoms. The number of piperazine rings is 1. The van der Waals surface area contributed by atoms with E-state index in [4.69, 9.17) is 4.74 Å². The first-order valence-corrected chi connectivity index (χ1v) is 5.54. The zero-order valence-corrected chi connectivity index (χ0v) is 11.4. The summed E-state index contributed by atoms with van der Waals surface area (Å²) in [6.07, 6.45) is 1.87. The smallest absolute Gasteiger partial charge is 0.331 e. The predicted molar refractivity (Wildman–Crippen MR) is 68.8 cm³/mol. The summed E-state index contributed by atoms with van der Waals surface area (Å²) >= 11 is 0. The molecule has 1 amide bonds. The van der Waals surface area contributed by atoms with Crippen LogP contribution in [0, 0.1) is 0 Å². The highest BCUT2D eigenvalue weighted by Crippen LogP contribution is 1.94. The molecule has 1 rings (SSSR count). The molecule has 1 aliphatic rings. The fourth-order valence-corrected chi connectivity index (χ4v) is 1.39. The molecule has 0 unspecified atom stereocenters. The van der Waals surface area contributed by atoms with E-state index in [0.717, 1.165) is 25.2 Å². The molecular formula is C11H17ClN2O5. The van der Waals surface area contributed by atoms with Gasteiger partial charge in [0, 0.05) is 38.3 Å². The number of rotatable bonds is 4. The van der Waals surface area contributed by atoms with Crippen LogP contribution in [0.25, 0.3) is 0 Å². The van der Waals surface area contributed by atoms with Crippen molar-refractivity contribution < 1.29 is 23.9 Å². The van der Waals surface area contributed by atoms with Crippen LogP contribution >= 0.6 is 12.4 Å². The molecule has 0 aliphatic carbocycles. The minimum atomic E-state index is -0.746. The molecule has 0 aromatic carbocycles. The number of methoxy groups -OCH3 is 1. The van der Waals surface area contributed by atoms with Crippen LogP contribution in [0.4, 0.5) is 0 Å². The number of hydrogen-bond donors (Lipinski definition) is 1. The molecule has 1 fully saturated rings. The van der Waals surface area contributed by atoms with Gasteiger partial charge in [-0.2, -0.15) is 0 Å². The SMILES string of the molecule is COC(=O)/C=C/C(=O)OCC(=O)N1CCNCC1.Cl. The number of nitrogens with one attached hydrogen (secondary N) is 1. The number of amides is 1. The molecular weight excluding hydrogens is 276 g/mol. The summed E-state index contributed by atoms with van der Waals surface area (Å²) in [5.74, 6) is -1.64. The summed E-state index contributed by atoms with van der Waals surface area (Å²) in [6.45, 7) is 2.37. The van der Waals surface area contributed by atoms with Gasteiger partial charge < -0.3 is 19.7 Å². The lowest BCUT2D eigenvalue weighted by Gasteiger charge is -2.27. The Morgan fingerprint density at radius 3 is 2.32 bits per heavy atom. The Morgan fingerprint density at radius 2 is 1.74 bits per heavy atom. The van der Waals surface area contributed by atoms with Crippen LogP contribution in [0.2, 0.25) is 0 Å². The topological polar surface area (TPSA) is 84.9 Å². The van der Waals surface area contributed by atoms with Gasteiger partial charge in [-0.1, -0.05) is 0 Å². The molecule has 0 saturated carbocycles. The maximum atomic E-state index is 11.6. The van der Waals surface area contributed by atoms with E-state index in [1.54, 1.807) is 4.90 Å². The summed E-state index contributed by atoms with van der Waals surface area (Å²) < 4.78 is 9.01. The molecule has 19 heavy (non-hydrogen) atoms. The number of carbonyl (C=O) groups excluding carboxylic acids is 3. The number of nitrogens with zero attached hydrogens (tertiary/aromatic N) is 1. The van der Waals surface area contributed by atoms with E-state index in [9.17, 15) is 14.4 Å². The minimum absolute atomic E-state index is 0. The Balaban J connectivity index is 0.00000324. The van der Waals surface area contributed by atoms with Gasteiger partial charge in [-0.3, -0.25) is 4.79 Å². The van der Waals surface area contributed by atoms with Crippen LogP contribution in [0.1, 0.15) is 0 Å². The van der Waals surface area contributed by atoms with E-state index in [1.165, 1.54) is 7.11 Å². The van der Waals surface area contributed by atoms with Gasteiger partial charge in [0.05, 0.1) is 7.11 Å². The van der Waals surface area contributed by atoms with Gasteiger partial charge in [0.25, 0.3) is 5.91 Å². The molecule has 1 N–H and O–H groups in total. The van der Waals surface area contributed by atoms with E-state index in [2.05, 4.69) is 10.1 Å². The number of esters is 2. The van der Waals surface area contributed by atoms with Crippen LogP contribution in [0.5, 0.6) is 0 Å². The Morgan fingerprint density at radius 1 is 1.16 bits per heavy atom. The number of ether oxygens (including phenoxy) is 2. The van der Waals surface area contributed by atoms with Gasteiger partial charge in [-0.25, -0.2) is 9.59 Å². The van der Waals surface area contributed by atoms with Crippen molar-refractivity contribution in [3.05, 3.63) is 12.2 Å². The Hall–Kier alpha value is -1.60. The largest absolute Gasteiger partial charge is 0.466 e.